The minimum atomic E-state index is 0.0607. The van der Waals surface area contributed by atoms with Gasteiger partial charge in [0.1, 0.15) is 6.61 Å². The molecule has 0 aliphatic heterocycles. The van der Waals surface area contributed by atoms with Gasteiger partial charge < -0.3 is 9.64 Å². The lowest BCUT2D eigenvalue weighted by molar-refractivity contribution is -0.122. The van der Waals surface area contributed by atoms with Crippen molar-refractivity contribution >= 4 is 11.6 Å². The van der Waals surface area contributed by atoms with Crippen LogP contribution in [0.3, 0.4) is 0 Å². The van der Waals surface area contributed by atoms with Gasteiger partial charge in [0.05, 0.1) is 0 Å². The number of methoxy groups -OCH3 is 1. The molecule has 1 saturated carbocycles. The fourth-order valence-corrected chi connectivity index (χ4v) is 2.50. The molecule has 0 radical (unpaired) electrons. The Balaban J connectivity index is 2.20. The number of para-hydroxylation sites is 1. The molecule has 0 aromatic heterocycles. The first-order valence-corrected chi connectivity index (χ1v) is 6.19. The van der Waals surface area contributed by atoms with E-state index < -0.39 is 0 Å². The summed E-state index contributed by atoms with van der Waals surface area (Å²) in [7, 11) is 1.57. The summed E-state index contributed by atoms with van der Waals surface area (Å²) in [5.41, 5.74) is 0.987. The van der Waals surface area contributed by atoms with Crippen molar-refractivity contribution in [3.05, 3.63) is 30.3 Å². The van der Waals surface area contributed by atoms with Crippen LogP contribution in [-0.4, -0.2) is 25.7 Å². The number of benzene rings is 1. The van der Waals surface area contributed by atoms with Crippen LogP contribution in [0.2, 0.25) is 0 Å². The fourth-order valence-electron chi connectivity index (χ4n) is 2.50. The lowest BCUT2D eigenvalue weighted by atomic mass is 10.1. The third kappa shape index (κ3) is 2.86. The van der Waals surface area contributed by atoms with Crippen molar-refractivity contribution in [1.29, 1.82) is 0 Å². The number of rotatable bonds is 4. The molecule has 92 valence electrons. The van der Waals surface area contributed by atoms with Gasteiger partial charge in [-0.25, -0.2) is 0 Å². The molecular weight excluding hydrogens is 214 g/mol. The van der Waals surface area contributed by atoms with Gasteiger partial charge in [0.25, 0.3) is 5.91 Å². The van der Waals surface area contributed by atoms with E-state index in [1.807, 2.05) is 35.2 Å². The zero-order valence-corrected chi connectivity index (χ0v) is 10.3. The third-order valence-electron chi connectivity index (χ3n) is 3.26. The predicted octanol–water partition coefficient (Wildman–Crippen LogP) is 2.61. The van der Waals surface area contributed by atoms with Gasteiger partial charge >= 0.3 is 0 Å². The summed E-state index contributed by atoms with van der Waals surface area (Å²) in [5.74, 6) is 0.0607. The van der Waals surface area contributed by atoms with Crippen molar-refractivity contribution in [1.82, 2.24) is 0 Å². The number of amides is 1. The van der Waals surface area contributed by atoms with Crippen LogP contribution in [-0.2, 0) is 9.53 Å². The van der Waals surface area contributed by atoms with E-state index in [4.69, 9.17) is 4.74 Å². The molecule has 0 bridgehead atoms. The Hall–Kier alpha value is -1.35. The molecular formula is C14H19NO2. The average Bonchev–Trinajstić information content (AvgIpc) is 2.85. The van der Waals surface area contributed by atoms with Crippen molar-refractivity contribution in [3.63, 3.8) is 0 Å². The first-order valence-electron chi connectivity index (χ1n) is 6.19. The Kier molecular flexibility index (Phi) is 4.15. The Morgan fingerprint density at radius 1 is 1.29 bits per heavy atom. The van der Waals surface area contributed by atoms with Crippen LogP contribution < -0.4 is 4.90 Å². The van der Waals surface area contributed by atoms with Crippen LogP contribution in [0.4, 0.5) is 5.69 Å². The summed E-state index contributed by atoms with van der Waals surface area (Å²) in [5, 5.41) is 0. The van der Waals surface area contributed by atoms with Gasteiger partial charge in [-0.2, -0.15) is 0 Å². The number of hydrogen-bond donors (Lipinski definition) is 0. The second-order valence-corrected chi connectivity index (χ2v) is 4.47. The molecule has 1 aliphatic rings. The van der Waals surface area contributed by atoms with E-state index >= 15 is 0 Å². The molecule has 3 heteroatoms. The molecule has 0 spiro atoms. The molecule has 1 aromatic rings. The Morgan fingerprint density at radius 2 is 1.94 bits per heavy atom. The Morgan fingerprint density at radius 3 is 2.53 bits per heavy atom. The third-order valence-corrected chi connectivity index (χ3v) is 3.26. The molecule has 1 aliphatic carbocycles. The van der Waals surface area contributed by atoms with E-state index in [1.54, 1.807) is 7.11 Å². The second-order valence-electron chi connectivity index (χ2n) is 4.47. The topological polar surface area (TPSA) is 29.5 Å². The molecule has 2 rings (SSSR count). The lowest BCUT2D eigenvalue weighted by Gasteiger charge is -2.28. The van der Waals surface area contributed by atoms with E-state index in [0.29, 0.717) is 6.04 Å². The van der Waals surface area contributed by atoms with E-state index in [9.17, 15) is 4.79 Å². The first kappa shape index (κ1) is 12.1. The normalized spacial score (nSPS) is 16.1. The standard InChI is InChI=1S/C14H19NO2/c1-17-11-14(16)15(13-9-5-6-10-13)12-7-3-2-4-8-12/h2-4,7-8,13H,5-6,9-11H2,1H3. The van der Waals surface area contributed by atoms with Crippen LogP contribution in [0.15, 0.2) is 30.3 Å². The number of nitrogens with zero attached hydrogens (tertiary/aromatic N) is 1. The van der Waals surface area contributed by atoms with Crippen LogP contribution in [0, 0.1) is 0 Å². The maximum Gasteiger partial charge on any atom is 0.253 e. The highest BCUT2D eigenvalue weighted by Gasteiger charge is 2.27. The minimum absolute atomic E-state index is 0.0607. The SMILES string of the molecule is COCC(=O)N(c1ccccc1)C1CCCC1. The van der Waals surface area contributed by atoms with E-state index in [0.717, 1.165) is 18.5 Å². The molecule has 1 aromatic carbocycles. The number of anilines is 1. The van der Waals surface area contributed by atoms with Gasteiger partial charge in [0.15, 0.2) is 0 Å². The summed E-state index contributed by atoms with van der Waals surface area (Å²) < 4.78 is 4.97. The molecule has 3 nitrogen and oxygen atoms in total. The van der Waals surface area contributed by atoms with Crippen LogP contribution in [0.25, 0.3) is 0 Å². The predicted molar refractivity (Wildman–Crippen MR) is 68.1 cm³/mol. The Labute approximate surface area is 102 Å². The van der Waals surface area contributed by atoms with Gasteiger partial charge in [0.2, 0.25) is 0 Å². The van der Waals surface area contributed by atoms with Gasteiger partial charge in [-0.3, -0.25) is 4.79 Å². The van der Waals surface area contributed by atoms with Gasteiger partial charge in [-0.1, -0.05) is 31.0 Å². The zero-order chi connectivity index (χ0) is 12.1. The lowest BCUT2D eigenvalue weighted by Crippen LogP contribution is -2.41. The molecule has 1 amide bonds. The Bertz CT molecular complexity index is 358. The van der Waals surface area contributed by atoms with Crippen molar-refractivity contribution in [2.45, 2.75) is 31.7 Å². The van der Waals surface area contributed by atoms with Crippen molar-refractivity contribution in [2.24, 2.45) is 0 Å². The summed E-state index contributed by atoms with van der Waals surface area (Å²) in [6.45, 7) is 0.158. The molecule has 0 saturated heterocycles. The largest absolute Gasteiger partial charge is 0.375 e. The highest BCUT2D eigenvalue weighted by Crippen LogP contribution is 2.28. The molecule has 1 fully saturated rings. The maximum atomic E-state index is 12.1. The molecule has 0 unspecified atom stereocenters. The number of carbonyl (C=O) groups is 1. The summed E-state index contributed by atoms with van der Waals surface area (Å²) in [6.07, 6.45) is 4.64. The smallest absolute Gasteiger partial charge is 0.253 e. The van der Waals surface area contributed by atoms with Crippen molar-refractivity contribution < 1.29 is 9.53 Å². The molecule has 0 heterocycles. The highest BCUT2D eigenvalue weighted by atomic mass is 16.5. The fraction of sp³-hybridized carbons (Fsp3) is 0.500. The van der Waals surface area contributed by atoms with Crippen LogP contribution in [0.5, 0.6) is 0 Å². The monoisotopic (exact) mass is 233 g/mol. The quantitative estimate of drug-likeness (QED) is 0.800. The molecule has 17 heavy (non-hydrogen) atoms. The minimum Gasteiger partial charge on any atom is -0.375 e. The number of carbonyl (C=O) groups excluding carboxylic acids is 1. The van der Waals surface area contributed by atoms with Crippen LogP contribution >= 0.6 is 0 Å². The second kappa shape index (κ2) is 5.82. The van der Waals surface area contributed by atoms with E-state index in [2.05, 4.69) is 0 Å². The molecule has 0 N–H and O–H groups in total. The average molecular weight is 233 g/mol. The summed E-state index contributed by atoms with van der Waals surface area (Å²) in [4.78, 5) is 14.0. The van der Waals surface area contributed by atoms with Gasteiger partial charge in [-0.05, 0) is 25.0 Å². The molecule has 0 atom stereocenters. The highest BCUT2D eigenvalue weighted by molar-refractivity contribution is 5.94. The van der Waals surface area contributed by atoms with Crippen molar-refractivity contribution in [3.8, 4) is 0 Å². The van der Waals surface area contributed by atoms with E-state index in [-0.39, 0.29) is 12.5 Å². The summed E-state index contributed by atoms with van der Waals surface area (Å²) >= 11 is 0. The number of ether oxygens (including phenoxy) is 1. The van der Waals surface area contributed by atoms with Crippen molar-refractivity contribution in [2.75, 3.05) is 18.6 Å². The van der Waals surface area contributed by atoms with Gasteiger partial charge in [-0.15, -0.1) is 0 Å². The first-order chi connectivity index (χ1) is 8.33. The number of hydrogen-bond acceptors (Lipinski definition) is 2. The van der Waals surface area contributed by atoms with Crippen LogP contribution in [0.1, 0.15) is 25.7 Å². The zero-order valence-electron chi connectivity index (χ0n) is 10.3. The summed E-state index contributed by atoms with van der Waals surface area (Å²) in [6, 6.07) is 10.2. The maximum absolute atomic E-state index is 12.1. The van der Waals surface area contributed by atoms with E-state index in [1.165, 1.54) is 12.8 Å². The van der Waals surface area contributed by atoms with Gasteiger partial charge in [0, 0.05) is 18.8 Å².